The van der Waals surface area contributed by atoms with Gasteiger partial charge in [-0.25, -0.2) is 0 Å². The molecule has 0 radical (unpaired) electrons. The maximum absolute atomic E-state index is 14.4. The molecule has 0 saturated carbocycles. The smallest absolute Gasteiger partial charge is 0.246 e. The van der Waals surface area contributed by atoms with Crippen LogP contribution in [0.3, 0.4) is 0 Å². The summed E-state index contributed by atoms with van der Waals surface area (Å²) in [6, 6.07) is -8.07. The van der Waals surface area contributed by atoms with Crippen LogP contribution in [0.15, 0.2) is 22.8 Å². The lowest BCUT2D eigenvalue weighted by atomic mass is 9.96. The van der Waals surface area contributed by atoms with E-state index in [0.29, 0.717) is 25.0 Å². The molecule has 366 valence electrons. The first kappa shape index (κ1) is 54.4. The van der Waals surface area contributed by atoms with E-state index in [-0.39, 0.29) is 43.9 Å². The van der Waals surface area contributed by atoms with E-state index in [0.717, 1.165) is 21.6 Å². The first-order chi connectivity index (χ1) is 31.2. The van der Waals surface area contributed by atoms with Crippen molar-refractivity contribution in [2.75, 3.05) is 31.1 Å². The van der Waals surface area contributed by atoms with Crippen molar-refractivity contribution in [3.63, 3.8) is 0 Å². The van der Waals surface area contributed by atoms with Gasteiger partial charge in [-0.2, -0.15) is 0 Å². The number of amides is 11. The van der Waals surface area contributed by atoms with E-state index in [1.807, 2.05) is 0 Å². The highest BCUT2D eigenvalue weighted by Crippen LogP contribution is 2.26. The summed E-state index contributed by atoms with van der Waals surface area (Å²) in [5, 5.41) is 17.4. The van der Waals surface area contributed by atoms with Crippen LogP contribution in [0.1, 0.15) is 64.6 Å². The molecule has 11 amide bonds. The first-order valence-electron chi connectivity index (χ1n) is 21.2. The minimum absolute atomic E-state index is 0.0355. The fraction of sp³-hybridized carbons (Fsp3) is 0.615. The van der Waals surface area contributed by atoms with E-state index in [4.69, 9.17) is 33.1 Å². The standard InChI is InChI=1S/C39H61N13O12S2/c1-3-19(2)31-38(62)49-25(15-29(43)54)34(58)48-24(14-28(42)53)35(59)50-26(18-66-65-17-21(41)32(56)47-23(36(60)51-31)13-20-7-6-12-64-20)39(63)52-11-5-9-27(52)37(61)46-22(8-4-10-40)33(57)45-16-30(44)55/h6-7,12,19,21-27,31H,3-5,8-11,13-18,40-41H2,1-2H3,(H2,42,53)(H2,43,54)(H2,44,55)(H,45,57)(H,46,61)(H,47,56)(H,48,58)(H,49,62)(H,50,59)(H,51,60)/t19-,21-,22-,23-,24-,25-,26-,27-,31-/m0/s1. The van der Waals surface area contributed by atoms with Crippen LogP contribution in [-0.2, 0) is 59.2 Å². The zero-order valence-corrected chi connectivity index (χ0v) is 38.3. The lowest BCUT2D eigenvalue weighted by molar-refractivity contribution is -0.142. The fourth-order valence-corrected chi connectivity index (χ4v) is 9.13. The van der Waals surface area contributed by atoms with E-state index in [1.165, 1.54) is 11.2 Å². The summed E-state index contributed by atoms with van der Waals surface area (Å²) in [7, 11) is 2.03. The predicted molar refractivity (Wildman–Crippen MR) is 239 cm³/mol. The van der Waals surface area contributed by atoms with Crippen LogP contribution in [-0.4, -0.2) is 149 Å². The molecule has 0 aliphatic carbocycles. The predicted octanol–water partition coefficient (Wildman–Crippen LogP) is -5.42. The summed E-state index contributed by atoms with van der Waals surface area (Å²) >= 11 is 0. The van der Waals surface area contributed by atoms with E-state index in [9.17, 15) is 52.7 Å². The number of carbonyl (C=O) groups excluding carboxylic acids is 11. The summed E-state index contributed by atoms with van der Waals surface area (Å²) in [5.41, 5.74) is 28.0. The van der Waals surface area contributed by atoms with Crippen molar-refractivity contribution in [2.45, 2.75) is 114 Å². The first-order valence-corrected chi connectivity index (χ1v) is 23.7. The molecule has 2 saturated heterocycles. The molecule has 27 heteroatoms. The molecule has 1 aromatic rings. The molecule has 17 N–H and O–H groups in total. The second kappa shape index (κ2) is 26.9. The number of nitrogens with zero attached hydrogens (tertiary/aromatic N) is 1. The van der Waals surface area contributed by atoms with Crippen LogP contribution < -0.4 is 65.9 Å². The van der Waals surface area contributed by atoms with Crippen molar-refractivity contribution < 1.29 is 57.2 Å². The average Bonchev–Trinajstić information content (AvgIpc) is 3.98. The average molecular weight is 968 g/mol. The zero-order chi connectivity index (χ0) is 49.1. The normalized spacial score (nSPS) is 24.8. The number of likely N-dealkylation sites (tertiary alicyclic amines) is 1. The highest BCUT2D eigenvalue weighted by molar-refractivity contribution is 8.76. The third kappa shape index (κ3) is 17.1. The summed E-state index contributed by atoms with van der Waals surface area (Å²) in [5.74, 6) is -10.5. The zero-order valence-electron chi connectivity index (χ0n) is 36.7. The minimum atomic E-state index is -1.79. The van der Waals surface area contributed by atoms with Crippen molar-refractivity contribution in [3.05, 3.63) is 24.2 Å². The maximum Gasteiger partial charge on any atom is 0.246 e. The third-order valence-electron chi connectivity index (χ3n) is 10.6. The van der Waals surface area contributed by atoms with Gasteiger partial charge in [0.15, 0.2) is 0 Å². The molecule has 9 atom stereocenters. The van der Waals surface area contributed by atoms with Gasteiger partial charge < -0.3 is 75.2 Å². The van der Waals surface area contributed by atoms with Gasteiger partial charge >= 0.3 is 0 Å². The molecule has 0 aromatic carbocycles. The second-order valence-corrected chi connectivity index (χ2v) is 18.3. The van der Waals surface area contributed by atoms with Crippen molar-refractivity contribution in [3.8, 4) is 0 Å². The van der Waals surface area contributed by atoms with Crippen LogP contribution in [0.2, 0.25) is 0 Å². The van der Waals surface area contributed by atoms with Crippen molar-refractivity contribution in [1.82, 2.24) is 42.1 Å². The molecule has 0 spiro atoms. The van der Waals surface area contributed by atoms with Crippen molar-refractivity contribution in [1.29, 1.82) is 0 Å². The van der Waals surface area contributed by atoms with Crippen molar-refractivity contribution >= 4 is 86.6 Å². The van der Waals surface area contributed by atoms with Gasteiger partial charge in [-0.3, -0.25) is 52.7 Å². The van der Waals surface area contributed by atoms with Gasteiger partial charge in [0.05, 0.1) is 31.7 Å². The Morgan fingerprint density at radius 3 is 2.03 bits per heavy atom. The van der Waals surface area contributed by atoms with E-state index >= 15 is 0 Å². The molecular formula is C39H61N13O12S2. The number of furan rings is 1. The number of rotatable bonds is 17. The van der Waals surface area contributed by atoms with Gasteiger partial charge in [0.25, 0.3) is 0 Å². The van der Waals surface area contributed by atoms with Crippen LogP contribution in [0.5, 0.6) is 0 Å². The van der Waals surface area contributed by atoms with Gasteiger partial charge in [-0.15, -0.1) is 0 Å². The quantitative estimate of drug-likeness (QED) is 0.0649. The summed E-state index contributed by atoms with van der Waals surface area (Å²) in [6.45, 7) is 3.08. The molecule has 1 aromatic heterocycles. The highest BCUT2D eigenvalue weighted by atomic mass is 33.1. The molecule has 25 nitrogen and oxygen atoms in total. The molecule has 3 heterocycles. The van der Waals surface area contributed by atoms with Gasteiger partial charge in [0.1, 0.15) is 48.1 Å². The summed E-state index contributed by atoms with van der Waals surface area (Å²) in [4.78, 5) is 147. The number of hydrogen-bond donors (Lipinski definition) is 12. The number of carbonyl (C=O) groups is 11. The fourth-order valence-electron chi connectivity index (χ4n) is 6.85. The Balaban J connectivity index is 2.02. The number of nitrogens with two attached hydrogens (primary N) is 5. The van der Waals surface area contributed by atoms with E-state index in [2.05, 4.69) is 37.2 Å². The lowest BCUT2D eigenvalue weighted by Crippen LogP contribution is -2.62. The van der Waals surface area contributed by atoms with Crippen LogP contribution in [0, 0.1) is 5.92 Å². The number of primary amides is 3. The van der Waals surface area contributed by atoms with Gasteiger partial charge in [-0.05, 0) is 50.3 Å². The van der Waals surface area contributed by atoms with Gasteiger partial charge in [0.2, 0.25) is 65.0 Å². The van der Waals surface area contributed by atoms with Gasteiger partial charge in [-0.1, -0.05) is 41.9 Å². The Labute approximate surface area is 388 Å². The Bertz CT molecular complexity index is 1930. The van der Waals surface area contributed by atoms with E-state index in [1.54, 1.807) is 26.0 Å². The lowest BCUT2D eigenvalue weighted by Gasteiger charge is -2.31. The van der Waals surface area contributed by atoms with Gasteiger partial charge in [0, 0.05) is 24.5 Å². The molecule has 0 bridgehead atoms. The molecular weight excluding hydrogens is 907 g/mol. The van der Waals surface area contributed by atoms with Crippen LogP contribution in [0.25, 0.3) is 0 Å². The second-order valence-electron chi connectivity index (χ2n) is 15.8. The Morgan fingerprint density at radius 1 is 0.833 bits per heavy atom. The molecule has 2 fully saturated rings. The third-order valence-corrected chi connectivity index (χ3v) is 13.1. The van der Waals surface area contributed by atoms with Crippen molar-refractivity contribution in [2.24, 2.45) is 34.6 Å². The molecule has 2 aliphatic rings. The van der Waals surface area contributed by atoms with Crippen LogP contribution in [0.4, 0.5) is 0 Å². The highest BCUT2D eigenvalue weighted by Gasteiger charge is 2.41. The summed E-state index contributed by atoms with van der Waals surface area (Å²) in [6.07, 6.45) is 0.813. The SMILES string of the molecule is CC[C@H](C)[C@@H]1NC(=O)[C@H](Cc2ccco2)NC(=O)[C@@H](N)CSSC[C@@H](C(=O)N2CCC[C@H]2C(=O)N[C@@H](CCCN)C(=O)NCC(N)=O)NC(=O)[C@H](CC(N)=O)NC(=O)[C@H](CC(N)=O)NC1=O. The maximum atomic E-state index is 14.4. The molecule has 0 unspecified atom stereocenters. The minimum Gasteiger partial charge on any atom is -0.469 e. The molecule has 66 heavy (non-hydrogen) atoms. The molecule has 2 aliphatic heterocycles. The Hall–Kier alpha value is -5.93. The summed E-state index contributed by atoms with van der Waals surface area (Å²) < 4.78 is 5.41. The number of hydrogen-bond acceptors (Lipinski definition) is 16. The molecule has 3 rings (SSSR count). The monoisotopic (exact) mass is 967 g/mol. The van der Waals surface area contributed by atoms with E-state index < -0.39 is 139 Å². The number of nitrogens with one attached hydrogen (secondary N) is 7. The largest absolute Gasteiger partial charge is 0.469 e. The Kier molecular flexibility index (Phi) is 22.2. The topological polar surface area (TPSA) is 418 Å². The Morgan fingerprint density at radius 2 is 1.44 bits per heavy atom. The van der Waals surface area contributed by atoms with Crippen LogP contribution >= 0.6 is 21.6 Å².